The molecule has 1 heterocycles. The number of benzene rings is 2. The molecule has 1 atom stereocenters. The van der Waals surface area contributed by atoms with Crippen LogP contribution in [0.15, 0.2) is 47.6 Å². The van der Waals surface area contributed by atoms with Gasteiger partial charge in [-0.25, -0.2) is 5.01 Å². The lowest BCUT2D eigenvalue weighted by molar-refractivity contribution is -0.121. The fourth-order valence-electron chi connectivity index (χ4n) is 4.43. The summed E-state index contributed by atoms with van der Waals surface area (Å²) in [7, 11) is 0. The second-order valence-corrected chi connectivity index (χ2v) is 11.5. The van der Waals surface area contributed by atoms with Crippen molar-refractivity contribution in [2.75, 3.05) is 10.0 Å². The molecule has 1 aliphatic rings. The van der Waals surface area contributed by atoms with Gasteiger partial charge >= 0.3 is 0 Å². The molecule has 0 radical (unpaired) electrons. The third-order valence-corrected chi connectivity index (χ3v) is 7.76. The van der Waals surface area contributed by atoms with Crippen molar-refractivity contribution in [3.63, 3.8) is 0 Å². The van der Waals surface area contributed by atoms with Crippen molar-refractivity contribution in [1.29, 1.82) is 0 Å². The molecule has 1 N–H and O–H groups in total. The molecule has 0 fully saturated rings. The zero-order valence-corrected chi connectivity index (χ0v) is 25.3. The minimum Gasteiger partial charge on any atom is -0.272 e. The standard InChI is InChI=1S/C29H36Cl4N4O2/c1-2-3-4-5-6-7-8-9-10-14-17-23(31)29(39)35-36(22-15-12-11-13-16-22)26-20-27(38)37(34-26)28-24(32)18-21(30)19-25(28)33/h11-13,15-16,18-19,23H,2-10,14,17,20H2,1H3,(H,35,39). The van der Waals surface area contributed by atoms with Gasteiger partial charge in [0.1, 0.15) is 11.1 Å². The molecule has 0 spiro atoms. The van der Waals surface area contributed by atoms with E-state index in [-0.39, 0.29) is 34.0 Å². The number of unbranched alkanes of at least 4 members (excludes halogenated alkanes) is 9. The normalized spacial score (nSPS) is 13.9. The van der Waals surface area contributed by atoms with E-state index in [0.29, 0.717) is 23.0 Å². The second kappa shape index (κ2) is 16.3. The van der Waals surface area contributed by atoms with Gasteiger partial charge in [0.15, 0.2) is 5.84 Å². The fourth-order valence-corrected chi connectivity index (χ4v) is 5.61. The van der Waals surface area contributed by atoms with Crippen molar-refractivity contribution >= 4 is 75.4 Å². The molecule has 1 aliphatic heterocycles. The maximum Gasteiger partial charge on any atom is 0.256 e. The van der Waals surface area contributed by atoms with Gasteiger partial charge < -0.3 is 0 Å². The maximum absolute atomic E-state index is 13.1. The zero-order valence-electron chi connectivity index (χ0n) is 22.3. The minimum atomic E-state index is -0.709. The van der Waals surface area contributed by atoms with E-state index in [0.717, 1.165) is 24.3 Å². The van der Waals surface area contributed by atoms with Crippen LogP contribution in [-0.4, -0.2) is 23.0 Å². The van der Waals surface area contributed by atoms with Gasteiger partial charge in [-0.1, -0.05) is 124 Å². The molecule has 10 heteroatoms. The molecule has 0 saturated heterocycles. The number of rotatable bonds is 14. The summed E-state index contributed by atoms with van der Waals surface area (Å²) in [5.41, 5.74) is 3.73. The molecule has 2 amide bonds. The molecule has 0 aliphatic carbocycles. The average Bonchev–Trinajstić information content (AvgIpc) is 3.28. The number of hydrazine groups is 1. The van der Waals surface area contributed by atoms with Crippen LogP contribution in [0.1, 0.15) is 84.0 Å². The number of carbonyl (C=O) groups excluding carboxylic acids is 2. The van der Waals surface area contributed by atoms with Crippen LogP contribution >= 0.6 is 46.4 Å². The molecule has 0 aromatic heterocycles. The van der Waals surface area contributed by atoms with Gasteiger partial charge in [0.25, 0.3) is 11.8 Å². The SMILES string of the molecule is CCCCCCCCCCCCC(Cl)C(=O)NN(C1=NN(c2c(Cl)cc(Cl)cc2Cl)C(=O)C1)c1ccccc1. The van der Waals surface area contributed by atoms with Crippen molar-refractivity contribution in [2.45, 2.75) is 89.4 Å². The van der Waals surface area contributed by atoms with Crippen molar-refractivity contribution in [2.24, 2.45) is 5.10 Å². The van der Waals surface area contributed by atoms with Gasteiger partial charge in [-0.05, 0) is 30.7 Å². The molecule has 2 aromatic carbocycles. The number of halogens is 4. The lowest BCUT2D eigenvalue weighted by Crippen LogP contribution is -2.49. The number of alkyl halides is 1. The summed E-state index contributed by atoms with van der Waals surface area (Å²) in [6, 6.07) is 12.1. The predicted molar refractivity (Wildman–Crippen MR) is 164 cm³/mol. The molecule has 3 rings (SSSR count). The summed E-state index contributed by atoms with van der Waals surface area (Å²) < 4.78 is 0. The minimum absolute atomic E-state index is 0.0736. The highest BCUT2D eigenvalue weighted by Gasteiger charge is 2.33. The number of para-hydroxylation sites is 1. The molecule has 39 heavy (non-hydrogen) atoms. The Morgan fingerprint density at radius 3 is 2.10 bits per heavy atom. The smallest absolute Gasteiger partial charge is 0.256 e. The largest absolute Gasteiger partial charge is 0.272 e. The third kappa shape index (κ3) is 9.56. The Bertz CT molecular complexity index is 1110. The first-order chi connectivity index (χ1) is 18.8. The molecule has 0 saturated carbocycles. The number of hydrogen-bond acceptors (Lipinski definition) is 4. The van der Waals surface area contributed by atoms with Crippen LogP contribution in [0.4, 0.5) is 11.4 Å². The topological polar surface area (TPSA) is 65.0 Å². The maximum atomic E-state index is 13.1. The Kier molecular flexibility index (Phi) is 13.2. The first kappa shape index (κ1) is 31.5. The number of hydrazone groups is 1. The first-order valence-electron chi connectivity index (χ1n) is 13.7. The number of hydrogen-bond donors (Lipinski definition) is 1. The molecular weight excluding hydrogens is 578 g/mol. The van der Waals surface area contributed by atoms with Gasteiger partial charge in [-0.3, -0.25) is 15.0 Å². The molecule has 6 nitrogen and oxygen atoms in total. The Hall–Kier alpha value is -1.99. The molecule has 2 aromatic rings. The summed E-state index contributed by atoms with van der Waals surface area (Å²) in [4.78, 5) is 26.0. The Morgan fingerprint density at radius 1 is 0.949 bits per heavy atom. The number of carbonyl (C=O) groups is 2. The van der Waals surface area contributed by atoms with E-state index >= 15 is 0 Å². The van der Waals surface area contributed by atoms with E-state index < -0.39 is 5.38 Å². The quantitative estimate of drug-likeness (QED) is 0.131. The zero-order chi connectivity index (χ0) is 28.2. The van der Waals surface area contributed by atoms with Gasteiger partial charge in [0.2, 0.25) is 0 Å². The highest BCUT2D eigenvalue weighted by molar-refractivity contribution is 6.42. The highest BCUT2D eigenvalue weighted by Crippen LogP contribution is 2.38. The van der Waals surface area contributed by atoms with Crippen LogP contribution in [0.5, 0.6) is 0 Å². The van der Waals surface area contributed by atoms with Crippen molar-refractivity contribution < 1.29 is 9.59 Å². The summed E-state index contributed by atoms with van der Waals surface area (Å²) in [6.07, 6.45) is 12.6. The summed E-state index contributed by atoms with van der Waals surface area (Å²) >= 11 is 25.2. The van der Waals surface area contributed by atoms with E-state index in [4.69, 9.17) is 46.4 Å². The second-order valence-electron chi connectivity index (χ2n) is 9.70. The number of nitrogens with one attached hydrogen (secondary N) is 1. The fraction of sp³-hybridized carbons (Fsp3) is 0.483. The summed E-state index contributed by atoms with van der Waals surface area (Å²) in [6.45, 7) is 2.23. The van der Waals surface area contributed by atoms with Crippen LogP contribution in [0.25, 0.3) is 0 Å². The Labute approximate surface area is 251 Å². The van der Waals surface area contributed by atoms with E-state index in [9.17, 15) is 9.59 Å². The van der Waals surface area contributed by atoms with E-state index in [1.54, 1.807) is 0 Å². The predicted octanol–water partition coefficient (Wildman–Crippen LogP) is 9.15. The van der Waals surface area contributed by atoms with Crippen LogP contribution < -0.4 is 15.4 Å². The summed E-state index contributed by atoms with van der Waals surface area (Å²) in [5, 5.41) is 7.12. The molecular formula is C29H36Cl4N4O2. The van der Waals surface area contributed by atoms with Crippen molar-refractivity contribution in [3.8, 4) is 0 Å². The average molecular weight is 614 g/mol. The van der Waals surface area contributed by atoms with Gasteiger partial charge in [0.05, 0.1) is 22.2 Å². The number of nitrogens with zero attached hydrogens (tertiary/aromatic N) is 3. The van der Waals surface area contributed by atoms with Crippen LogP contribution in [0, 0.1) is 0 Å². The van der Waals surface area contributed by atoms with E-state index in [1.165, 1.54) is 62.1 Å². The Balaban J connectivity index is 1.60. The lowest BCUT2D eigenvalue weighted by Gasteiger charge is -2.25. The van der Waals surface area contributed by atoms with Crippen LogP contribution in [0.3, 0.4) is 0 Å². The van der Waals surface area contributed by atoms with Crippen molar-refractivity contribution in [3.05, 3.63) is 57.5 Å². The van der Waals surface area contributed by atoms with E-state index in [2.05, 4.69) is 17.5 Å². The van der Waals surface area contributed by atoms with Gasteiger partial charge in [-0.2, -0.15) is 5.01 Å². The first-order valence-corrected chi connectivity index (χ1v) is 15.2. The Morgan fingerprint density at radius 2 is 1.51 bits per heavy atom. The highest BCUT2D eigenvalue weighted by atomic mass is 35.5. The van der Waals surface area contributed by atoms with Crippen LogP contribution in [-0.2, 0) is 9.59 Å². The molecule has 0 bridgehead atoms. The van der Waals surface area contributed by atoms with E-state index in [1.807, 2.05) is 30.3 Å². The monoisotopic (exact) mass is 612 g/mol. The number of amidine groups is 1. The van der Waals surface area contributed by atoms with Gasteiger partial charge in [0, 0.05) is 5.02 Å². The lowest BCUT2D eigenvalue weighted by atomic mass is 10.1. The summed E-state index contributed by atoms with van der Waals surface area (Å²) in [5.74, 6) is -0.392. The van der Waals surface area contributed by atoms with Crippen molar-refractivity contribution in [1.82, 2.24) is 5.43 Å². The molecule has 212 valence electrons. The number of amides is 2. The third-order valence-electron chi connectivity index (χ3n) is 6.54. The van der Waals surface area contributed by atoms with Crippen LogP contribution in [0.2, 0.25) is 15.1 Å². The molecule has 1 unspecified atom stereocenters. The van der Waals surface area contributed by atoms with Gasteiger partial charge in [-0.15, -0.1) is 16.7 Å². The number of anilines is 2.